The lowest BCUT2D eigenvalue weighted by molar-refractivity contribution is -0.116. The van der Waals surface area contributed by atoms with Crippen LogP contribution in [0.25, 0.3) is 0 Å². The van der Waals surface area contributed by atoms with Gasteiger partial charge in [-0.1, -0.05) is 18.2 Å². The van der Waals surface area contributed by atoms with Gasteiger partial charge in [-0.15, -0.1) is 0 Å². The highest BCUT2D eigenvalue weighted by molar-refractivity contribution is 6.00. The van der Waals surface area contributed by atoms with Gasteiger partial charge in [-0.2, -0.15) is 5.10 Å². The first-order valence-electron chi connectivity index (χ1n) is 4.76. The average Bonchev–Trinajstić information content (AvgIpc) is 2.26. The number of carbonyl (C=O) groups is 2. The molecule has 0 aliphatic rings. The van der Waals surface area contributed by atoms with E-state index in [2.05, 4.69) is 10.5 Å². The Hall–Kier alpha value is -2.17. The Bertz CT molecular complexity index is 412. The van der Waals surface area contributed by atoms with Gasteiger partial charge in [0.2, 0.25) is 5.91 Å². The second kappa shape index (κ2) is 5.65. The van der Waals surface area contributed by atoms with E-state index in [0.717, 1.165) is 0 Å². The highest BCUT2D eigenvalue weighted by Crippen LogP contribution is 1.97. The molecule has 1 aromatic carbocycles. The van der Waals surface area contributed by atoms with Crippen molar-refractivity contribution in [3.05, 3.63) is 35.9 Å². The molecular weight excluding hydrogens is 206 g/mol. The number of primary amides is 1. The predicted octanol–water partition coefficient (Wildman–Crippen LogP) is 0.668. The van der Waals surface area contributed by atoms with E-state index in [4.69, 9.17) is 5.73 Å². The summed E-state index contributed by atoms with van der Waals surface area (Å²) in [5, 5.41) is 3.76. The third kappa shape index (κ3) is 3.91. The van der Waals surface area contributed by atoms with Gasteiger partial charge in [-0.05, 0) is 19.1 Å². The van der Waals surface area contributed by atoms with Crippen LogP contribution in [0.2, 0.25) is 0 Å². The molecule has 0 aliphatic carbocycles. The smallest absolute Gasteiger partial charge is 0.271 e. The standard InChI is InChI=1S/C11H13N3O2/c1-8(7-10(12)15)13-14-11(16)9-5-3-2-4-6-9/h2-6H,7H2,1H3,(H2,12,15)(H,14,16). The van der Waals surface area contributed by atoms with Crippen LogP contribution >= 0.6 is 0 Å². The number of rotatable bonds is 4. The van der Waals surface area contributed by atoms with Crippen molar-refractivity contribution in [1.82, 2.24) is 5.43 Å². The van der Waals surface area contributed by atoms with E-state index in [0.29, 0.717) is 11.3 Å². The number of hydrogen-bond acceptors (Lipinski definition) is 3. The molecule has 0 heterocycles. The van der Waals surface area contributed by atoms with Crippen LogP contribution in [0.1, 0.15) is 23.7 Å². The highest BCUT2D eigenvalue weighted by Gasteiger charge is 2.03. The van der Waals surface area contributed by atoms with E-state index in [1.165, 1.54) is 0 Å². The fourth-order valence-corrected chi connectivity index (χ4v) is 1.09. The van der Waals surface area contributed by atoms with Gasteiger partial charge >= 0.3 is 0 Å². The fourth-order valence-electron chi connectivity index (χ4n) is 1.09. The quantitative estimate of drug-likeness (QED) is 0.576. The lowest BCUT2D eigenvalue weighted by Gasteiger charge is -2.00. The number of hydrazone groups is 1. The number of nitrogens with two attached hydrogens (primary N) is 1. The summed E-state index contributed by atoms with van der Waals surface area (Å²) in [6, 6.07) is 8.69. The van der Waals surface area contributed by atoms with Gasteiger partial charge < -0.3 is 5.73 Å². The minimum atomic E-state index is -0.477. The molecular formula is C11H13N3O2. The molecule has 16 heavy (non-hydrogen) atoms. The van der Waals surface area contributed by atoms with Gasteiger partial charge in [0.05, 0.1) is 6.42 Å². The molecule has 5 heteroatoms. The lowest BCUT2D eigenvalue weighted by Crippen LogP contribution is -2.21. The maximum atomic E-state index is 11.5. The van der Waals surface area contributed by atoms with Crippen LogP contribution in [-0.4, -0.2) is 17.5 Å². The number of amides is 2. The molecule has 0 aromatic heterocycles. The number of nitrogens with one attached hydrogen (secondary N) is 1. The summed E-state index contributed by atoms with van der Waals surface area (Å²) in [6.07, 6.45) is 0.0368. The zero-order valence-electron chi connectivity index (χ0n) is 8.93. The summed E-state index contributed by atoms with van der Waals surface area (Å²) in [5.74, 6) is -0.792. The van der Waals surface area contributed by atoms with E-state index in [1.54, 1.807) is 31.2 Å². The number of carbonyl (C=O) groups excluding carboxylic acids is 2. The molecule has 0 atom stereocenters. The van der Waals surface area contributed by atoms with Gasteiger partial charge in [0.15, 0.2) is 0 Å². The van der Waals surface area contributed by atoms with Gasteiger partial charge in [-0.25, -0.2) is 5.43 Å². The minimum absolute atomic E-state index is 0.0368. The maximum absolute atomic E-state index is 11.5. The molecule has 0 saturated carbocycles. The van der Waals surface area contributed by atoms with Crippen LogP contribution in [0.5, 0.6) is 0 Å². The van der Waals surface area contributed by atoms with E-state index in [-0.39, 0.29) is 12.3 Å². The molecule has 5 nitrogen and oxygen atoms in total. The molecule has 0 fully saturated rings. The van der Waals surface area contributed by atoms with Crippen LogP contribution < -0.4 is 11.2 Å². The van der Waals surface area contributed by atoms with Gasteiger partial charge in [-0.3, -0.25) is 9.59 Å². The Labute approximate surface area is 93.3 Å². The molecule has 84 valence electrons. The SMILES string of the molecule is CC(CC(N)=O)=NNC(=O)c1ccccc1. The van der Waals surface area contributed by atoms with Crippen molar-refractivity contribution in [3.8, 4) is 0 Å². The van der Waals surface area contributed by atoms with Crippen molar-refractivity contribution in [2.75, 3.05) is 0 Å². The monoisotopic (exact) mass is 219 g/mol. The molecule has 1 rings (SSSR count). The van der Waals surface area contributed by atoms with E-state index in [9.17, 15) is 9.59 Å². The molecule has 3 N–H and O–H groups in total. The van der Waals surface area contributed by atoms with E-state index >= 15 is 0 Å². The zero-order valence-corrected chi connectivity index (χ0v) is 8.93. The lowest BCUT2D eigenvalue weighted by atomic mass is 10.2. The largest absolute Gasteiger partial charge is 0.369 e. The van der Waals surface area contributed by atoms with Crippen molar-refractivity contribution in [2.24, 2.45) is 10.8 Å². The highest BCUT2D eigenvalue weighted by atomic mass is 16.2. The van der Waals surface area contributed by atoms with Crippen LogP contribution in [0.15, 0.2) is 35.4 Å². The maximum Gasteiger partial charge on any atom is 0.271 e. The first-order valence-corrected chi connectivity index (χ1v) is 4.76. The molecule has 0 aliphatic heterocycles. The summed E-state index contributed by atoms with van der Waals surface area (Å²) in [4.78, 5) is 22.1. The summed E-state index contributed by atoms with van der Waals surface area (Å²) in [5.41, 5.74) is 8.31. The van der Waals surface area contributed by atoms with Crippen LogP contribution in [0, 0.1) is 0 Å². The predicted molar refractivity (Wildman–Crippen MR) is 60.8 cm³/mol. The fraction of sp³-hybridized carbons (Fsp3) is 0.182. The summed E-state index contributed by atoms with van der Waals surface area (Å²) >= 11 is 0. The molecule has 0 radical (unpaired) electrons. The second-order valence-electron chi connectivity index (χ2n) is 3.30. The minimum Gasteiger partial charge on any atom is -0.369 e. The van der Waals surface area contributed by atoms with Crippen molar-refractivity contribution in [1.29, 1.82) is 0 Å². The van der Waals surface area contributed by atoms with Crippen LogP contribution in [0.4, 0.5) is 0 Å². The first-order chi connectivity index (χ1) is 7.59. The van der Waals surface area contributed by atoms with Crippen molar-refractivity contribution in [2.45, 2.75) is 13.3 Å². The Kier molecular flexibility index (Phi) is 4.20. The Morgan fingerprint density at radius 1 is 1.31 bits per heavy atom. The van der Waals surface area contributed by atoms with Crippen molar-refractivity contribution < 1.29 is 9.59 Å². The Balaban J connectivity index is 2.56. The molecule has 0 bridgehead atoms. The molecule has 2 amide bonds. The Morgan fingerprint density at radius 2 is 1.94 bits per heavy atom. The van der Waals surface area contributed by atoms with Crippen LogP contribution in [0.3, 0.4) is 0 Å². The van der Waals surface area contributed by atoms with E-state index in [1.807, 2.05) is 6.07 Å². The summed E-state index contributed by atoms with van der Waals surface area (Å²) in [7, 11) is 0. The summed E-state index contributed by atoms with van der Waals surface area (Å²) in [6.45, 7) is 1.62. The van der Waals surface area contributed by atoms with E-state index < -0.39 is 5.91 Å². The molecule has 0 spiro atoms. The Morgan fingerprint density at radius 3 is 2.50 bits per heavy atom. The average molecular weight is 219 g/mol. The number of nitrogens with zero attached hydrogens (tertiary/aromatic N) is 1. The van der Waals surface area contributed by atoms with Crippen molar-refractivity contribution >= 4 is 17.5 Å². The third-order valence-electron chi connectivity index (χ3n) is 1.81. The normalized spacial score (nSPS) is 10.9. The number of benzene rings is 1. The third-order valence-corrected chi connectivity index (χ3v) is 1.81. The summed E-state index contributed by atoms with van der Waals surface area (Å²) < 4.78 is 0. The molecule has 1 aromatic rings. The molecule has 0 unspecified atom stereocenters. The van der Waals surface area contributed by atoms with Crippen molar-refractivity contribution in [3.63, 3.8) is 0 Å². The first kappa shape index (κ1) is 11.9. The topological polar surface area (TPSA) is 84.6 Å². The number of hydrogen-bond donors (Lipinski definition) is 2. The van der Waals surface area contributed by atoms with Crippen LogP contribution in [-0.2, 0) is 4.79 Å². The second-order valence-corrected chi connectivity index (χ2v) is 3.30. The van der Waals surface area contributed by atoms with Gasteiger partial charge in [0.1, 0.15) is 0 Å². The van der Waals surface area contributed by atoms with Gasteiger partial charge in [0, 0.05) is 11.3 Å². The zero-order chi connectivity index (χ0) is 12.0. The molecule has 0 saturated heterocycles. The van der Waals surface area contributed by atoms with Gasteiger partial charge in [0.25, 0.3) is 5.91 Å².